The summed E-state index contributed by atoms with van der Waals surface area (Å²) in [5, 5.41) is 3.30. The van der Waals surface area contributed by atoms with Crippen LogP contribution in [0.25, 0.3) is 0 Å². The number of dihydropyridines is 1. The van der Waals surface area contributed by atoms with Gasteiger partial charge in [0.2, 0.25) is 0 Å². The molecule has 0 aromatic heterocycles. The summed E-state index contributed by atoms with van der Waals surface area (Å²) in [4.78, 5) is 27.0. The Morgan fingerprint density at radius 2 is 1.83 bits per heavy atom. The van der Waals surface area contributed by atoms with Crippen LogP contribution in [0.2, 0.25) is 0 Å². The molecule has 0 saturated heterocycles. The Bertz CT molecular complexity index is 1250. The molecule has 2 aromatic rings. The van der Waals surface area contributed by atoms with Crippen LogP contribution in [0.1, 0.15) is 63.0 Å². The zero-order valence-corrected chi connectivity index (χ0v) is 21.3. The molecule has 1 N–H and O–H groups in total. The Morgan fingerprint density at radius 1 is 1.11 bits per heavy atom. The topological polar surface area (TPSA) is 73.9 Å². The van der Waals surface area contributed by atoms with E-state index in [0.29, 0.717) is 46.9 Å². The van der Waals surface area contributed by atoms with Crippen molar-refractivity contribution in [2.24, 2.45) is 0 Å². The zero-order valence-electron chi connectivity index (χ0n) is 21.3. The van der Waals surface area contributed by atoms with E-state index in [1.54, 1.807) is 39.3 Å². The second kappa shape index (κ2) is 10.6. The molecule has 3 atom stereocenters. The number of hydrogen-bond donors (Lipinski definition) is 1. The highest BCUT2D eigenvalue weighted by molar-refractivity contribution is 6.04. The van der Waals surface area contributed by atoms with Gasteiger partial charge in [0, 0.05) is 29.0 Å². The van der Waals surface area contributed by atoms with E-state index >= 15 is 4.39 Å². The summed E-state index contributed by atoms with van der Waals surface area (Å²) in [5.41, 5.74) is 3.21. The standard InChI is InChI=1S/C29H32FNO5/c1-6-16(2)36-29(33)26-17(3)31-22-13-19(18-11-12-24(34-4)25(15-18)35-5)14-23(32)28(22)27(26)20-9-7-8-10-21(20)30/h7-12,15-16,19,27,31H,6,13-14H2,1-5H3/t16-,19+,27+/m1/s1. The number of allylic oxidation sites excluding steroid dienone is 3. The second-order valence-electron chi connectivity index (χ2n) is 9.28. The Morgan fingerprint density at radius 3 is 2.50 bits per heavy atom. The van der Waals surface area contributed by atoms with Gasteiger partial charge in [0.25, 0.3) is 0 Å². The van der Waals surface area contributed by atoms with Crippen LogP contribution in [0, 0.1) is 5.82 Å². The molecule has 1 aliphatic heterocycles. The first-order valence-electron chi connectivity index (χ1n) is 12.2. The highest BCUT2D eigenvalue weighted by atomic mass is 19.1. The number of carbonyl (C=O) groups excluding carboxylic acids is 2. The van der Waals surface area contributed by atoms with Crippen molar-refractivity contribution in [1.82, 2.24) is 5.32 Å². The van der Waals surface area contributed by atoms with Crippen molar-refractivity contribution in [1.29, 1.82) is 0 Å². The van der Waals surface area contributed by atoms with Crippen molar-refractivity contribution in [3.8, 4) is 11.5 Å². The van der Waals surface area contributed by atoms with Gasteiger partial charge in [-0.3, -0.25) is 4.79 Å². The maximum Gasteiger partial charge on any atom is 0.337 e. The molecule has 2 aromatic carbocycles. The van der Waals surface area contributed by atoms with Gasteiger partial charge in [-0.1, -0.05) is 31.2 Å². The van der Waals surface area contributed by atoms with Crippen molar-refractivity contribution in [2.75, 3.05) is 14.2 Å². The summed E-state index contributed by atoms with van der Waals surface area (Å²) in [7, 11) is 3.15. The third kappa shape index (κ3) is 4.74. The minimum atomic E-state index is -0.835. The first-order chi connectivity index (χ1) is 17.3. The number of ether oxygens (including phenoxy) is 3. The lowest BCUT2D eigenvalue weighted by Gasteiger charge is -2.37. The van der Waals surface area contributed by atoms with Gasteiger partial charge in [-0.15, -0.1) is 0 Å². The third-order valence-corrected chi connectivity index (χ3v) is 7.03. The average molecular weight is 494 g/mol. The Labute approximate surface area is 211 Å². The SMILES string of the molecule is CC[C@@H](C)OC(=O)C1=C(C)NC2=C(C(=O)C[C@@H](c3ccc(OC)c(OC)c3)C2)[C@H]1c1ccccc1F. The molecule has 0 unspecified atom stereocenters. The zero-order chi connectivity index (χ0) is 26.0. The number of hydrogen-bond acceptors (Lipinski definition) is 6. The molecule has 190 valence electrons. The number of ketones is 1. The Kier molecular flexibility index (Phi) is 7.48. The summed E-state index contributed by atoms with van der Waals surface area (Å²) in [6.45, 7) is 5.51. The summed E-state index contributed by atoms with van der Waals surface area (Å²) in [6.07, 6.45) is 1.11. The molecule has 0 spiro atoms. The van der Waals surface area contributed by atoms with E-state index in [1.165, 1.54) is 6.07 Å². The molecule has 1 heterocycles. The van der Waals surface area contributed by atoms with E-state index in [-0.39, 0.29) is 29.8 Å². The number of halogens is 1. The molecular formula is C29H32FNO5. The lowest BCUT2D eigenvalue weighted by molar-refractivity contribution is -0.144. The average Bonchev–Trinajstić information content (AvgIpc) is 2.87. The molecular weight excluding hydrogens is 461 g/mol. The van der Waals surface area contributed by atoms with Crippen LogP contribution >= 0.6 is 0 Å². The monoisotopic (exact) mass is 493 g/mol. The van der Waals surface area contributed by atoms with Crippen molar-refractivity contribution >= 4 is 11.8 Å². The molecule has 4 rings (SSSR count). The van der Waals surface area contributed by atoms with E-state index in [1.807, 2.05) is 32.0 Å². The van der Waals surface area contributed by atoms with Crippen LogP contribution in [-0.4, -0.2) is 32.1 Å². The van der Waals surface area contributed by atoms with Crippen LogP contribution in [0.3, 0.4) is 0 Å². The van der Waals surface area contributed by atoms with Crippen molar-refractivity contribution in [3.05, 3.63) is 81.9 Å². The minimum Gasteiger partial charge on any atom is -0.493 e. The highest BCUT2D eigenvalue weighted by Gasteiger charge is 2.42. The quantitative estimate of drug-likeness (QED) is 0.510. The number of nitrogens with one attached hydrogen (secondary N) is 1. The van der Waals surface area contributed by atoms with Gasteiger partial charge in [-0.05, 0) is 56.4 Å². The van der Waals surface area contributed by atoms with Crippen LogP contribution in [0.4, 0.5) is 4.39 Å². The molecule has 36 heavy (non-hydrogen) atoms. The predicted molar refractivity (Wildman–Crippen MR) is 134 cm³/mol. The van der Waals surface area contributed by atoms with Crippen LogP contribution < -0.4 is 14.8 Å². The molecule has 1 aliphatic carbocycles. The van der Waals surface area contributed by atoms with Gasteiger partial charge in [-0.25, -0.2) is 9.18 Å². The van der Waals surface area contributed by atoms with E-state index in [0.717, 1.165) is 5.56 Å². The van der Waals surface area contributed by atoms with Crippen LogP contribution in [0.15, 0.2) is 65.0 Å². The number of esters is 1. The largest absolute Gasteiger partial charge is 0.493 e. The Hall–Kier alpha value is -3.61. The van der Waals surface area contributed by atoms with Crippen LogP contribution in [-0.2, 0) is 14.3 Å². The van der Waals surface area contributed by atoms with Gasteiger partial charge >= 0.3 is 5.97 Å². The fraction of sp³-hybridized carbons (Fsp3) is 0.379. The molecule has 0 bridgehead atoms. The number of Topliss-reactive ketones (excluding diaryl/α,β-unsaturated/α-hetero) is 1. The van der Waals surface area contributed by atoms with E-state index in [9.17, 15) is 9.59 Å². The maximum absolute atomic E-state index is 15.1. The van der Waals surface area contributed by atoms with Gasteiger partial charge < -0.3 is 19.5 Å². The minimum absolute atomic E-state index is 0.105. The molecule has 0 radical (unpaired) electrons. The first-order valence-corrected chi connectivity index (χ1v) is 12.2. The summed E-state index contributed by atoms with van der Waals surface area (Å²) in [5.74, 6) is -0.866. The van der Waals surface area contributed by atoms with Gasteiger partial charge in [-0.2, -0.15) is 0 Å². The summed E-state index contributed by atoms with van der Waals surface area (Å²) >= 11 is 0. The first kappa shape index (κ1) is 25.5. The van der Waals surface area contributed by atoms with Crippen molar-refractivity contribution < 1.29 is 28.2 Å². The molecule has 2 aliphatic rings. The second-order valence-corrected chi connectivity index (χ2v) is 9.28. The molecule has 7 heteroatoms. The fourth-order valence-corrected chi connectivity index (χ4v) is 5.00. The summed E-state index contributed by atoms with van der Waals surface area (Å²) < 4.78 is 31.5. The smallest absolute Gasteiger partial charge is 0.337 e. The molecule has 6 nitrogen and oxygen atoms in total. The number of benzene rings is 2. The Balaban J connectivity index is 1.77. The lowest BCUT2D eigenvalue weighted by Crippen LogP contribution is -2.36. The van der Waals surface area contributed by atoms with Gasteiger partial charge in [0.15, 0.2) is 17.3 Å². The predicted octanol–water partition coefficient (Wildman–Crippen LogP) is 5.55. The lowest BCUT2D eigenvalue weighted by atomic mass is 9.71. The van der Waals surface area contributed by atoms with E-state index in [2.05, 4.69) is 5.32 Å². The van der Waals surface area contributed by atoms with Crippen molar-refractivity contribution in [3.63, 3.8) is 0 Å². The van der Waals surface area contributed by atoms with Crippen molar-refractivity contribution in [2.45, 2.75) is 58.0 Å². The third-order valence-electron chi connectivity index (χ3n) is 7.03. The van der Waals surface area contributed by atoms with E-state index in [4.69, 9.17) is 14.2 Å². The van der Waals surface area contributed by atoms with Gasteiger partial charge in [0.05, 0.1) is 31.8 Å². The van der Waals surface area contributed by atoms with E-state index < -0.39 is 17.7 Å². The summed E-state index contributed by atoms with van der Waals surface area (Å²) in [6, 6.07) is 11.9. The molecule has 0 fully saturated rings. The fourth-order valence-electron chi connectivity index (χ4n) is 5.00. The number of carbonyl (C=O) groups is 2. The normalized spacial score (nSPS) is 20.4. The van der Waals surface area contributed by atoms with Gasteiger partial charge in [0.1, 0.15) is 5.82 Å². The maximum atomic E-state index is 15.1. The molecule has 0 saturated carbocycles. The van der Waals surface area contributed by atoms with Crippen LogP contribution in [0.5, 0.6) is 11.5 Å². The molecule has 0 amide bonds. The number of methoxy groups -OCH3 is 2. The number of rotatable bonds is 7. The highest BCUT2D eigenvalue weighted by Crippen LogP contribution is 2.47.